The van der Waals surface area contributed by atoms with Crippen LogP contribution in [0.1, 0.15) is 0 Å². The van der Waals surface area contributed by atoms with Crippen molar-refractivity contribution >= 4 is 24.3 Å². The van der Waals surface area contributed by atoms with Crippen molar-refractivity contribution in [2.24, 2.45) is 7.05 Å². The van der Waals surface area contributed by atoms with Crippen LogP contribution in [0.25, 0.3) is 0 Å². The Morgan fingerprint density at radius 3 is 2.50 bits per heavy atom. The summed E-state index contributed by atoms with van der Waals surface area (Å²) in [5, 5.41) is 21.3. The van der Waals surface area contributed by atoms with E-state index in [2.05, 4.69) is 5.10 Å². The normalized spacial score (nSPS) is 10.0. The Morgan fingerprint density at radius 2 is 2.30 bits per heavy atom. The molecule has 54 valence electrons. The van der Waals surface area contributed by atoms with E-state index in [1.807, 2.05) is 0 Å². The molecule has 0 amide bonds. The predicted molar refractivity (Wildman–Crippen MR) is 38.0 cm³/mol. The molecule has 0 aliphatic rings. The summed E-state index contributed by atoms with van der Waals surface area (Å²) in [6.07, 6.45) is 1.36. The Kier molecular flexibility index (Phi) is 1.98. The molecule has 6 heteroatoms. The number of aryl methyl sites for hydroxylation is 1. The van der Waals surface area contributed by atoms with Crippen LogP contribution in [-0.2, 0) is 7.05 Å². The van der Waals surface area contributed by atoms with Gasteiger partial charge in [0, 0.05) is 7.05 Å². The van der Waals surface area contributed by atoms with Crippen molar-refractivity contribution in [2.45, 2.75) is 0 Å². The van der Waals surface area contributed by atoms with E-state index in [1.54, 1.807) is 7.05 Å². The summed E-state index contributed by atoms with van der Waals surface area (Å²) in [5.74, 6) is 0. The second-order valence-electron chi connectivity index (χ2n) is 1.88. The van der Waals surface area contributed by atoms with Crippen molar-refractivity contribution in [3.05, 3.63) is 11.2 Å². The average molecular weight is 160 g/mol. The van der Waals surface area contributed by atoms with Crippen molar-refractivity contribution in [1.82, 2.24) is 9.78 Å². The summed E-state index contributed by atoms with van der Waals surface area (Å²) in [7, 11) is 0.0284. The monoisotopic (exact) mass is 160 g/mol. The summed E-state index contributed by atoms with van der Waals surface area (Å²) in [5.41, 5.74) is 0.210. The lowest BCUT2D eigenvalue weighted by atomic mass is 9.86. The lowest BCUT2D eigenvalue weighted by molar-refractivity contribution is 0.421. The fourth-order valence-electron chi connectivity index (χ4n) is 0.711. The summed E-state index contributed by atoms with van der Waals surface area (Å²) >= 11 is 5.54. The number of nitrogens with zero attached hydrogens (tertiary/aromatic N) is 2. The van der Waals surface area contributed by atoms with Gasteiger partial charge in [0.2, 0.25) is 0 Å². The number of rotatable bonds is 1. The SMILES string of the molecule is Cn1ncc(Cl)c1B(O)O. The van der Waals surface area contributed by atoms with E-state index in [0.29, 0.717) is 0 Å². The van der Waals surface area contributed by atoms with Crippen LogP contribution in [0.4, 0.5) is 0 Å². The highest BCUT2D eigenvalue weighted by atomic mass is 35.5. The quantitative estimate of drug-likeness (QED) is 0.505. The third kappa shape index (κ3) is 1.16. The van der Waals surface area contributed by atoms with Crippen LogP contribution >= 0.6 is 11.6 Å². The third-order valence-corrected chi connectivity index (χ3v) is 1.47. The molecular weight excluding hydrogens is 154 g/mol. The van der Waals surface area contributed by atoms with E-state index in [1.165, 1.54) is 10.9 Å². The molecule has 10 heavy (non-hydrogen) atoms. The molecule has 0 spiro atoms. The predicted octanol–water partition coefficient (Wildman–Crippen LogP) is -1.25. The van der Waals surface area contributed by atoms with Crippen molar-refractivity contribution in [1.29, 1.82) is 0 Å². The van der Waals surface area contributed by atoms with Crippen molar-refractivity contribution < 1.29 is 10.0 Å². The highest BCUT2D eigenvalue weighted by molar-refractivity contribution is 6.61. The largest absolute Gasteiger partial charge is 0.509 e. The average Bonchev–Trinajstić information content (AvgIpc) is 2.11. The zero-order valence-electron chi connectivity index (χ0n) is 5.32. The highest BCUT2D eigenvalue weighted by Crippen LogP contribution is 2.01. The lowest BCUT2D eigenvalue weighted by Crippen LogP contribution is -2.36. The van der Waals surface area contributed by atoms with Gasteiger partial charge in [-0.25, -0.2) is 0 Å². The number of aromatic nitrogens is 2. The van der Waals surface area contributed by atoms with E-state index in [-0.39, 0.29) is 10.6 Å². The summed E-state index contributed by atoms with van der Waals surface area (Å²) in [6, 6.07) is 0. The Morgan fingerprint density at radius 1 is 1.70 bits per heavy atom. The maximum atomic E-state index is 8.68. The molecule has 0 aliphatic carbocycles. The van der Waals surface area contributed by atoms with Gasteiger partial charge in [-0.2, -0.15) is 5.10 Å². The van der Waals surface area contributed by atoms with Crippen LogP contribution < -0.4 is 5.59 Å². The molecule has 0 aromatic carbocycles. The zero-order valence-corrected chi connectivity index (χ0v) is 6.08. The van der Waals surface area contributed by atoms with Gasteiger partial charge in [0.15, 0.2) is 0 Å². The van der Waals surface area contributed by atoms with Gasteiger partial charge in [0.05, 0.1) is 16.8 Å². The maximum absolute atomic E-state index is 8.68. The van der Waals surface area contributed by atoms with Gasteiger partial charge >= 0.3 is 7.12 Å². The Balaban J connectivity index is 3.10. The van der Waals surface area contributed by atoms with Crippen molar-refractivity contribution in [3.63, 3.8) is 0 Å². The number of halogens is 1. The first-order valence-electron chi connectivity index (χ1n) is 2.66. The van der Waals surface area contributed by atoms with Crippen LogP contribution in [0.3, 0.4) is 0 Å². The minimum Gasteiger partial charge on any atom is -0.422 e. The van der Waals surface area contributed by atoms with Crippen molar-refractivity contribution in [3.8, 4) is 0 Å². The van der Waals surface area contributed by atoms with Gasteiger partial charge in [0.25, 0.3) is 0 Å². The standard InChI is InChI=1S/C4H6BClN2O2/c1-8-4(5(9)10)3(6)2-7-8/h2,9-10H,1H3. The molecule has 0 atom stereocenters. The molecule has 2 N–H and O–H groups in total. The van der Waals surface area contributed by atoms with Crippen LogP contribution in [-0.4, -0.2) is 26.9 Å². The molecule has 1 heterocycles. The maximum Gasteiger partial charge on any atom is 0.509 e. The third-order valence-electron chi connectivity index (χ3n) is 1.18. The Bertz CT molecular complexity index is 218. The highest BCUT2D eigenvalue weighted by Gasteiger charge is 2.19. The molecule has 0 radical (unpaired) electrons. The van der Waals surface area contributed by atoms with Gasteiger partial charge in [-0.05, 0) is 0 Å². The van der Waals surface area contributed by atoms with Crippen LogP contribution in [0.2, 0.25) is 5.02 Å². The van der Waals surface area contributed by atoms with E-state index in [9.17, 15) is 0 Å². The molecule has 0 bridgehead atoms. The van der Waals surface area contributed by atoms with E-state index in [0.717, 1.165) is 0 Å². The lowest BCUT2D eigenvalue weighted by Gasteiger charge is -1.98. The second kappa shape index (κ2) is 2.61. The topological polar surface area (TPSA) is 58.3 Å². The first-order chi connectivity index (χ1) is 4.63. The molecule has 1 rings (SSSR count). The molecule has 0 fully saturated rings. The van der Waals surface area contributed by atoms with Crippen molar-refractivity contribution in [2.75, 3.05) is 0 Å². The fourth-order valence-corrected chi connectivity index (χ4v) is 0.974. The fraction of sp³-hybridized carbons (Fsp3) is 0.250. The van der Waals surface area contributed by atoms with Crippen LogP contribution in [0, 0.1) is 0 Å². The molecule has 4 nitrogen and oxygen atoms in total. The molecule has 1 aromatic rings. The smallest absolute Gasteiger partial charge is 0.422 e. The van der Waals surface area contributed by atoms with E-state index >= 15 is 0 Å². The summed E-state index contributed by atoms with van der Waals surface area (Å²) in [6.45, 7) is 0. The number of hydrogen-bond acceptors (Lipinski definition) is 3. The molecule has 0 unspecified atom stereocenters. The summed E-state index contributed by atoms with van der Waals surface area (Å²) < 4.78 is 1.31. The Labute approximate surface area is 63.2 Å². The van der Waals surface area contributed by atoms with Crippen LogP contribution in [0.5, 0.6) is 0 Å². The van der Waals surface area contributed by atoms with Gasteiger partial charge in [-0.15, -0.1) is 0 Å². The molecule has 0 aliphatic heterocycles. The second-order valence-corrected chi connectivity index (χ2v) is 2.28. The Hall–Kier alpha value is -0.515. The van der Waals surface area contributed by atoms with Gasteiger partial charge in [0.1, 0.15) is 0 Å². The molecule has 1 aromatic heterocycles. The van der Waals surface area contributed by atoms with E-state index in [4.69, 9.17) is 21.6 Å². The molecule has 0 saturated carbocycles. The minimum absolute atomic E-state index is 0.210. The van der Waals surface area contributed by atoms with Gasteiger partial charge in [-0.3, -0.25) is 4.68 Å². The first kappa shape index (κ1) is 7.59. The summed E-state index contributed by atoms with van der Waals surface area (Å²) in [4.78, 5) is 0. The number of hydrogen-bond donors (Lipinski definition) is 2. The molecular formula is C4H6BClN2O2. The minimum atomic E-state index is -1.56. The first-order valence-corrected chi connectivity index (χ1v) is 3.04. The van der Waals surface area contributed by atoms with E-state index < -0.39 is 7.12 Å². The zero-order chi connectivity index (χ0) is 7.72. The molecule has 0 saturated heterocycles. The van der Waals surface area contributed by atoms with Gasteiger partial charge in [-0.1, -0.05) is 11.6 Å². The van der Waals surface area contributed by atoms with Gasteiger partial charge < -0.3 is 10.0 Å². The van der Waals surface area contributed by atoms with Crippen LogP contribution in [0.15, 0.2) is 6.20 Å².